The third-order valence-corrected chi connectivity index (χ3v) is 2.97. The molecule has 1 fully saturated rings. The summed E-state index contributed by atoms with van der Waals surface area (Å²) >= 11 is 0. The van der Waals surface area contributed by atoms with E-state index >= 15 is 0 Å². The minimum absolute atomic E-state index is 0.318. The molecular weight excluding hydrogens is 297 g/mol. The number of rotatable bonds is 4. The predicted molar refractivity (Wildman–Crippen MR) is 71.2 cm³/mol. The average molecular weight is 316 g/mol. The molecule has 0 atom stereocenters. The number of ketones is 1. The Bertz CT molecular complexity index is 542. The zero-order valence-corrected chi connectivity index (χ0v) is 12.9. The maximum atomic E-state index is 14.4. The quantitative estimate of drug-likeness (QED) is 0.261. The first-order chi connectivity index (χ1) is 10.0. The first-order valence-corrected chi connectivity index (χ1v) is 6.58. The summed E-state index contributed by atoms with van der Waals surface area (Å²) in [5.74, 6) is -2.38. The van der Waals surface area contributed by atoms with Crippen LogP contribution in [-0.2, 0) is 19.1 Å². The topological polar surface area (TPSA) is 120 Å². The Balaban J connectivity index is 2.61. The number of ether oxygens (including phenoxy) is 2. The number of Topliss-reactive ketones (excluding diaryl/α,β-unsaturated/α-hetero) is 1. The number of nitrogens with one attached hydrogen (secondary N) is 2. The summed E-state index contributed by atoms with van der Waals surface area (Å²) in [5.41, 5.74) is 2.85. The summed E-state index contributed by atoms with van der Waals surface area (Å²) in [6.07, 6.45) is -1.35. The lowest BCUT2D eigenvalue weighted by Crippen LogP contribution is -2.59. The van der Waals surface area contributed by atoms with Gasteiger partial charge in [0.2, 0.25) is 0 Å². The first kappa shape index (κ1) is 17.8. The van der Waals surface area contributed by atoms with E-state index < -0.39 is 40.9 Å². The second-order valence-corrected chi connectivity index (χ2v) is 6.00. The zero-order valence-electron chi connectivity index (χ0n) is 12.9. The maximum absolute atomic E-state index is 14.4. The van der Waals surface area contributed by atoms with Gasteiger partial charge in [-0.15, -0.1) is 0 Å². The monoisotopic (exact) mass is 316 g/mol. The van der Waals surface area contributed by atoms with E-state index in [1.165, 1.54) is 0 Å². The van der Waals surface area contributed by atoms with E-state index in [2.05, 4.69) is 14.8 Å². The van der Waals surface area contributed by atoms with E-state index in [0.717, 1.165) is 7.11 Å². The predicted octanol–water partition coefficient (Wildman–Crippen LogP) is 0.804. The molecule has 0 aliphatic heterocycles. The van der Waals surface area contributed by atoms with Gasteiger partial charge in [0.1, 0.15) is 5.60 Å². The van der Waals surface area contributed by atoms with Gasteiger partial charge in [-0.1, -0.05) is 0 Å². The van der Waals surface area contributed by atoms with Crippen LogP contribution >= 0.6 is 0 Å². The van der Waals surface area contributed by atoms with Crippen molar-refractivity contribution in [1.29, 1.82) is 5.53 Å². The zero-order chi connectivity index (χ0) is 17.1. The number of alkyl halides is 1. The van der Waals surface area contributed by atoms with Crippen molar-refractivity contribution in [3.8, 4) is 0 Å². The standard InChI is InChI=1S/C13H18FN3O5/c1-12(2,3)22-11(20)16-7-5-13(14,6-7)9(18)8(17-15)10(19)21-4/h7,15H,5-6H2,1-4H3/p+1/t7-,13-. The van der Waals surface area contributed by atoms with Crippen LogP contribution in [0.5, 0.6) is 0 Å². The molecule has 8 nitrogen and oxygen atoms in total. The fourth-order valence-electron chi connectivity index (χ4n) is 1.98. The van der Waals surface area contributed by atoms with E-state index in [1.54, 1.807) is 20.8 Å². The van der Waals surface area contributed by atoms with Gasteiger partial charge in [0, 0.05) is 18.9 Å². The summed E-state index contributed by atoms with van der Waals surface area (Å²) in [7, 11) is 0.999. The fourth-order valence-corrected chi connectivity index (χ4v) is 1.98. The Morgan fingerprint density at radius 2 is 1.86 bits per heavy atom. The van der Waals surface area contributed by atoms with Crippen molar-refractivity contribution in [3.05, 3.63) is 0 Å². The molecular formula is C13H19FN3O5+. The number of esters is 1. The SMILES string of the molecule is COC(=O)C(=[N+]=N)C(=O)[C@]1(F)C[C@H](NC(=O)OC(C)(C)C)C1. The van der Waals surface area contributed by atoms with Crippen LogP contribution in [0, 0.1) is 5.53 Å². The summed E-state index contributed by atoms with van der Waals surface area (Å²) in [5, 5.41) is 2.43. The fraction of sp³-hybridized carbons (Fsp3) is 0.692. The molecule has 0 heterocycles. The van der Waals surface area contributed by atoms with Gasteiger partial charge >= 0.3 is 17.8 Å². The van der Waals surface area contributed by atoms with Gasteiger partial charge in [-0.05, 0) is 20.8 Å². The Labute approximate surface area is 126 Å². The van der Waals surface area contributed by atoms with Crippen LogP contribution in [0.2, 0.25) is 0 Å². The molecule has 0 spiro atoms. The van der Waals surface area contributed by atoms with Crippen LogP contribution in [-0.4, -0.2) is 52.8 Å². The summed E-state index contributed by atoms with van der Waals surface area (Å²) in [6.45, 7) is 5.05. The number of alkyl carbamates (subject to hydrolysis) is 1. The van der Waals surface area contributed by atoms with Crippen molar-refractivity contribution < 1.29 is 33.0 Å². The van der Waals surface area contributed by atoms with Gasteiger partial charge in [-0.25, -0.2) is 14.0 Å². The third kappa shape index (κ3) is 4.11. The number of hydrogen-bond acceptors (Lipinski definition) is 6. The summed E-state index contributed by atoms with van der Waals surface area (Å²) in [6, 6.07) is -0.589. The third-order valence-electron chi connectivity index (χ3n) is 2.97. The highest BCUT2D eigenvalue weighted by Gasteiger charge is 2.58. The molecule has 1 aliphatic rings. The highest BCUT2D eigenvalue weighted by Crippen LogP contribution is 2.37. The number of amides is 1. The Morgan fingerprint density at radius 3 is 2.27 bits per heavy atom. The number of nitrogens with zero attached hydrogens (tertiary/aromatic N) is 1. The van der Waals surface area contributed by atoms with Crippen LogP contribution in [0.25, 0.3) is 0 Å². The molecule has 1 amide bonds. The Kier molecular flexibility index (Phi) is 5.03. The lowest BCUT2D eigenvalue weighted by molar-refractivity contribution is -0.160. The van der Waals surface area contributed by atoms with Gasteiger partial charge in [0.15, 0.2) is 5.67 Å². The lowest BCUT2D eigenvalue weighted by Gasteiger charge is -2.38. The maximum Gasteiger partial charge on any atom is 0.493 e. The molecule has 9 heteroatoms. The minimum Gasteiger partial charge on any atom is -0.460 e. The van der Waals surface area contributed by atoms with Gasteiger partial charge in [0.25, 0.3) is 5.78 Å². The summed E-state index contributed by atoms with van der Waals surface area (Å²) < 4.78 is 23.6. The Morgan fingerprint density at radius 1 is 1.32 bits per heavy atom. The van der Waals surface area contributed by atoms with Crippen LogP contribution in [0.1, 0.15) is 33.6 Å². The van der Waals surface area contributed by atoms with Crippen molar-refractivity contribution in [2.24, 2.45) is 0 Å². The van der Waals surface area contributed by atoms with Crippen molar-refractivity contribution in [1.82, 2.24) is 5.32 Å². The van der Waals surface area contributed by atoms with Crippen molar-refractivity contribution in [2.75, 3.05) is 7.11 Å². The molecule has 0 unspecified atom stereocenters. The number of halogens is 1. The highest BCUT2D eigenvalue weighted by atomic mass is 19.1. The molecule has 122 valence electrons. The largest absolute Gasteiger partial charge is 0.493 e. The lowest BCUT2D eigenvalue weighted by atomic mass is 9.73. The molecule has 0 aromatic heterocycles. The van der Waals surface area contributed by atoms with Crippen molar-refractivity contribution >= 4 is 23.6 Å². The molecule has 0 bridgehead atoms. The van der Waals surface area contributed by atoms with Gasteiger partial charge < -0.3 is 14.8 Å². The number of carbonyl (C=O) groups excluding carboxylic acids is 3. The molecule has 2 N–H and O–H groups in total. The van der Waals surface area contributed by atoms with E-state index in [4.69, 9.17) is 10.3 Å². The van der Waals surface area contributed by atoms with Gasteiger partial charge in [-0.3, -0.25) is 4.79 Å². The normalized spacial score (nSPS) is 23.6. The molecule has 1 rings (SSSR count). The Hall–Kier alpha value is -2.28. The van der Waals surface area contributed by atoms with Crippen LogP contribution in [0.15, 0.2) is 0 Å². The molecule has 0 saturated heterocycles. The molecule has 0 aromatic carbocycles. The van der Waals surface area contributed by atoms with Crippen LogP contribution < -0.4 is 5.32 Å². The molecule has 1 saturated carbocycles. The molecule has 22 heavy (non-hydrogen) atoms. The van der Waals surface area contributed by atoms with Gasteiger partial charge in [-0.2, -0.15) is 0 Å². The smallest absolute Gasteiger partial charge is 0.460 e. The molecule has 1 aliphatic carbocycles. The van der Waals surface area contributed by atoms with Crippen molar-refractivity contribution in [2.45, 2.75) is 50.9 Å². The first-order valence-electron chi connectivity index (χ1n) is 6.58. The molecule has 0 aromatic rings. The number of methoxy groups -OCH3 is 1. The highest BCUT2D eigenvalue weighted by molar-refractivity contribution is 6.63. The summed E-state index contributed by atoms with van der Waals surface area (Å²) in [4.78, 5) is 37.4. The molecule has 0 radical (unpaired) electrons. The average Bonchev–Trinajstić information content (AvgIpc) is 2.34. The van der Waals surface area contributed by atoms with E-state index in [-0.39, 0.29) is 12.8 Å². The second-order valence-electron chi connectivity index (χ2n) is 6.00. The van der Waals surface area contributed by atoms with E-state index in [9.17, 15) is 18.8 Å². The number of carbonyl (C=O) groups is 3. The van der Waals surface area contributed by atoms with E-state index in [1.807, 2.05) is 0 Å². The van der Waals surface area contributed by atoms with Crippen molar-refractivity contribution in [3.63, 3.8) is 0 Å². The van der Waals surface area contributed by atoms with Gasteiger partial charge in [0.05, 0.1) is 17.4 Å². The van der Waals surface area contributed by atoms with E-state index in [0.29, 0.717) is 0 Å². The van der Waals surface area contributed by atoms with Crippen LogP contribution in [0.3, 0.4) is 0 Å². The second kappa shape index (κ2) is 6.23. The minimum atomic E-state index is -2.34. The number of hydrogen-bond donors (Lipinski definition) is 2. The van der Waals surface area contributed by atoms with Crippen LogP contribution in [0.4, 0.5) is 9.18 Å².